The molecule has 0 unspecified atom stereocenters. The molecule has 0 bridgehead atoms. The van der Waals surface area contributed by atoms with Crippen molar-refractivity contribution in [3.05, 3.63) is 59.1 Å². The minimum atomic E-state index is -3.85. The van der Waals surface area contributed by atoms with E-state index in [4.69, 9.17) is 9.15 Å². The number of aromatic nitrogens is 1. The van der Waals surface area contributed by atoms with Gasteiger partial charge in [-0.05, 0) is 49.4 Å². The van der Waals surface area contributed by atoms with Crippen LogP contribution in [0.5, 0.6) is 0 Å². The van der Waals surface area contributed by atoms with Gasteiger partial charge in [0.15, 0.2) is 0 Å². The standard InChI is InChI=1S/C22H24BrN3O4S/c23-18-7-9-19(10-8-18)31(27,28)22-21(24-11-4-12-26-13-15-29-16-14-26)30-20(25-22)17-5-2-1-3-6-17/h1-3,5-10,24H,4,11-16H2. The molecule has 0 atom stereocenters. The maximum atomic E-state index is 13.3. The van der Waals surface area contributed by atoms with Crippen LogP contribution in [0.2, 0.25) is 0 Å². The summed E-state index contributed by atoms with van der Waals surface area (Å²) in [5.74, 6) is 0.440. The van der Waals surface area contributed by atoms with Crippen molar-refractivity contribution in [2.24, 2.45) is 0 Å². The Morgan fingerprint density at radius 2 is 1.74 bits per heavy atom. The zero-order valence-corrected chi connectivity index (χ0v) is 19.4. The van der Waals surface area contributed by atoms with Gasteiger partial charge in [-0.3, -0.25) is 4.90 Å². The molecule has 164 valence electrons. The van der Waals surface area contributed by atoms with Crippen LogP contribution in [0.4, 0.5) is 5.88 Å². The van der Waals surface area contributed by atoms with Gasteiger partial charge in [0.05, 0.1) is 18.1 Å². The molecule has 9 heteroatoms. The average molecular weight is 506 g/mol. The minimum absolute atomic E-state index is 0.0972. The van der Waals surface area contributed by atoms with E-state index in [1.807, 2.05) is 30.3 Å². The normalized spacial score (nSPS) is 15.1. The summed E-state index contributed by atoms with van der Waals surface area (Å²) in [6.07, 6.45) is 0.846. The number of anilines is 1. The first-order chi connectivity index (χ1) is 15.0. The lowest BCUT2D eigenvalue weighted by Gasteiger charge is -2.26. The number of halogens is 1. The van der Waals surface area contributed by atoms with E-state index in [9.17, 15) is 8.42 Å². The van der Waals surface area contributed by atoms with Crippen molar-refractivity contribution in [1.82, 2.24) is 9.88 Å². The Morgan fingerprint density at radius 1 is 1.03 bits per heavy atom. The summed E-state index contributed by atoms with van der Waals surface area (Å²) in [5, 5.41) is 3.06. The monoisotopic (exact) mass is 505 g/mol. The summed E-state index contributed by atoms with van der Waals surface area (Å²) in [4.78, 5) is 6.86. The average Bonchev–Trinajstić information content (AvgIpc) is 3.24. The first kappa shape index (κ1) is 22.0. The molecule has 2 heterocycles. The van der Waals surface area contributed by atoms with Crippen molar-refractivity contribution in [1.29, 1.82) is 0 Å². The molecule has 4 rings (SSSR count). The van der Waals surface area contributed by atoms with Crippen molar-refractivity contribution in [3.63, 3.8) is 0 Å². The van der Waals surface area contributed by atoms with Crippen molar-refractivity contribution in [2.45, 2.75) is 16.3 Å². The number of benzene rings is 2. The highest BCUT2D eigenvalue weighted by Gasteiger charge is 2.28. The van der Waals surface area contributed by atoms with Crippen LogP contribution in [0.1, 0.15) is 6.42 Å². The molecule has 3 aromatic rings. The number of sulfone groups is 1. The van der Waals surface area contributed by atoms with E-state index in [1.165, 1.54) is 0 Å². The summed E-state index contributed by atoms with van der Waals surface area (Å²) in [6, 6.07) is 15.8. The molecule has 1 fully saturated rings. The fourth-order valence-corrected chi connectivity index (χ4v) is 4.90. The highest BCUT2D eigenvalue weighted by atomic mass is 79.9. The summed E-state index contributed by atoms with van der Waals surface area (Å²) >= 11 is 3.34. The lowest BCUT2D eigenvalue weighted by molar-refractivity contribution is 0.0378. The predicted molar refractivity (Wildman–Crippen MR) is 122 cm³/mol. The molecule has 31 heavy (non-hydrogen) atoms. The van der Waals surface area contributed by atoms with Crippen LogP contribution in [-0.4, -0.2) is 57.7 Å². The second-order valence-electron chi connectivity index (χ2n) is 7.21. The lowest BCUT2D eigenvalue weighted by Crippen LogP contribution is -2.37. The molecule has 0 saturated carbocycles. The molecule has 0 amide bonds. The molecular weight excluding hydrogens is 482 g/mol. The highest BCUT2D eigenvalue weighted by molar-refractivity contribution is 9.10. The second-order valence-corrected chi connectivity index (χ2v) is 9.99. The fraction of sp³-hybridized carbons (Fsp3) is 0.318. The molecule has 1 saturated heterocycles. The molecule has 0 radical (unpaired) electrons. The lowest BCUT2D eigenvalue weighted by atomic mass is 10.2. The van der Waals surface area contributed by atoms with Gasteiger partial charge >= 0.3 is 0 Å². The maximum Gasteiger partial charge on any atom is 0.233 e. The molecule has 1 N–H and O–H groups in total. The van der Waals surface area contributed by atoms with Crippen LogP contribution in [0.3, 0.4) is 0 Å². The van der Waals surface area contributed by atoms with Gasteiger partial charge in [0, 0.05) is 29.7 Å². The van der Waals surface area contributed by atoms with Crippen molar-refractivity contribution in [3.8, 4) is 11.5 Å². The number of oxazole rings is 1. The summed E-state index contributed by atoms with van der Waals surface area (Å²) < 4.78 is 38.6. The summed E-state index contributed by atoms with van der Waals surface area (Å²) in [5.41, 5.74) is 0.719. The van der Waals surface area contributed by atoms with Gasteiger partial charge < -0.3 is 14.5 Å². The first-order valence-electron chi connectivity index (χ1n) is 10.1. The molecule has 1 aromatic heterocycles. The maximum absolute atomic E-state index is 13.3. The number of ether oxygens (including phenoxy) is 1. The molecular formula is C22H24BrN3O4S. The molecule has 0 spiro atoms. The Balaban J connectivity index is 1.56. The van der Waals surface area contributed by atoms with E-state index in [0.717, 1.165) is 49.3 Å². The van der Waals surface area contributed by atoms with E-state index >= 15 is 0 Å². The van der Waals surface area contributed by atoms with Gasteiger partial charge in [0.2, 0.25) is 26.6 Å². The Hall–Kier alpha value is -2.20. The van der Waals surface area contributed by atoms with E-state index in [1.54, 1.807) is 24.3 Å². The zero-order valence-electron chi connectivity index (χ0n) is 17.0. The number of nitrogens with one attached hydrogen (secondary N) is 1. The van der Waals surface area contributed by atoms with Gasteiger partial charge in [-0.2, -0.15) is 4.98 Å². The number of morpholine rings is 1. The van der Waals surface area contributed by atoms with Crippen LogP contribution in [-0.2, 0) is 14.6 Å². The largest absolute Gasteiger partial charge is 0.419 e. The number of hydrogen-bond donors (Lipinski definition) is 1. The molecule has 7 nitrogen and oxygen atoms in total. The Labute approximate surface area is 190 Å². The predicted octanol–water partition coefficient (Wildman–Crippen LogP) is 4.07. The van der Waals surface area contributed by atoms with Gasteiger partial charge in [-0.15, -0.1) is 0 Å². The van der Waals surface area contributed by atoms with E-state index in [0.29, 0.717) is 6.54 Å². The third-order valence-corrected chi connectivity index (χ3v) is 7.24. The smallest absolute Gasteiger partial charge is 0.233 e. The van der Waals surface area contributed by atoms with Crippen LogP contribution in [0.15, 0.2) is 73.4 Å². The minimum Gasteiger partial charge on any atom is -0.419 e. The SMILES string of the molecule is O=S(=O)(c1ccc(Br)cc1)c1nc(-c2ccccc2)oc1NCCCN1CCOCC1. The van der Waals surface area contributed by atoms with Gasteiger partial charge in [0.1, 0.15) is 0 Å². The van der Waals surface area contributed by atoms with Crippen LogP contribution in [0.25, 0.3) is 11.5 Å². The topological polar surface area (TPSA) is 84.7 Å². The Morgan fingerprint density at radius 3 is 2.45 bits per heavy atom. The quantitative estimate of drug-likeness (QED) is 0.461. The van der Waals surface area contributed by atoms with Crippen LogP contribution >= 0.6 is 15.9 Å². The Bertz CT molecular complexity index is 1100. The number of hydrogen-bond acceptors (Lipinski definition) is 7. The summed E-state index contributed by atoms with van der Waals surface area (Å²) in [7, 11) is -3.85. The summed E-state index contributed by atoms with van der Waals surface area (Å²) in [6.45, 7) is 4.83. The Kier molecular flexibility index (Phi) is 7.06. The molecule has 1 aliphatic heterocycles. The van der Waals surface area contributed by atoms with E-state index < -0.39 is 9.84 Å². The van der Waals surface area contributed by atoms with E-state index in [2.05, 4.69) is 31.1 Å². The van der Waals surface area contributed by atoms with Crippen LogP contribution < -0.4 is 5.32 Å². The first-order valence-corrected chi connectivity index (χ1v) is 12.4. The van der Waals surface area contributed by atoms with E-state index in [-0.39, 0.29) is 21.7 Å². The van der Waals surface area contributed by atoms with Crippen molar-refractivity contribution < 1.29 is 17.6 Å². The van der Waals surface area contributed by atoms with Crippen molar-refractivity contribution in [2.75, 3.05) is 44.7 Å². The second kappa shape index (κ2) is 9.95. The molecule has 1 aliphatic rings. The van der Waals surface area contributed by atoms with Gasteiger partial charge in [-0.1, -0.05) is 34.1 Å². The molecule has 2 aromatic carbocycles. The number of nitrogens with zero attached hydrogens (tertiary/aromatic N) is 2. The fourth-order valence-electron chi connectivity index (χ4n) is 3.36. The van der Waals surface area contributed by atoms with Gasteiger partial charge in [-0.25, -0.2) is 8.42 Å². The van der Waals surface area contributed by atoms with Crippen molar-refractivity contribution >= 4 is 31.7 Å². The third kappa shape index (κ3) is 5.35. The number of rotatable bonds is 8. The molecule has 0 aliphatic carbocycles. The third-order valence-electron chi connectivity index (χ3n) is 5.04. The van der Waals surface area contributed by atoms with Crippen LogP contribution in [0, 0.1) is 0 Å². The van der Waals surface area contributed by atoms with Gasteiger partial charge in [0.25, 0.3) is 0 Å². The highest BCUT2D eigenvalue weighted by Crippen LogP contribution is 2.32. The zero-order chi connectivity index (χ0) is 21.7.